The van der Waals surface area contributed by atoms with Crippen LogP contribution in [0.25, 0.3) is 0 Å². The molecule has 0 radical (unpaired) electrons. The molecule has 0 aromatic carbocycles. The molecule has 4 nitrogen and oxygen atoms in total. The van der Waals surface area contributed by atoms with Crippen molar-refractivity contribution >= 4 is 15.9 Å². The quantitative estimate of drug-likeness (QED) is 0.821. The Morgan fingerprint density at radius 1 is 1.33 bits per heavy atom. The molecule has 1 aromatic rings. The van der Waals surface area contributed by atoms with Gasteiger partial charge in [0.25, 0.3) is 0 Å². The van der Waals surface area contributed by atoms with E-state index in [0.717, 1.165) is 30.5 Å². The Morgan fingerprint density at radius 2 is 2.07 bits per heavy atom. The molecule has 1 aliphatic rings. The van der Waals surface area contributed by atoms with Crippen LogP contribution >= 0.6 is 15.9 Å². The second-order valence-electron chi connectivity index (χ2n) is 3.80. The molecule has 1 fully saturated rings. The molecule has 82 valence electrons. The van der Waals surface area contributed by atoms with E-state index in [1.807, 2.05) is 0 Å². The monoisotopic (exact) mass is 271 g/mol. The van der Waals surface area contributed by atoms with Crippen molar-refractivity contribution in [1.29, 1.82) is 0 Å². The lowest BCUT2D eigenvalue weighted by molar-refractivity contribution is 0.109. The minimum Gasteiger partial charge on any atom is -0.473 e. The molecule has 1 saturated heterocycles. The summed E-state index contributed by atoms with van der Waals surface area (Å²) >= 11 is 3.24. The lowest BCUT2D eigenvalue weighted by Gasteiger charge is -2.28. The van der Waals surface area contributed by atoms with E-state index in [0.29, 0.717) is 5.88 Å². The number of aromatic nitrogens is 2. The average molecular weight is 272 g/mol. The zero-order chi connectivity index (χ0) is 10.7. The van der Waals surface area contributed by atoms with Crippen molar-refractivity contribution < 1.29 is 4.74 Å². The topological polar surface area (TPSA) is 38.2 Å². The third kappa shape index (κ3) is 3.14. The number of rotatable bonds is 2. The Bertz CT molecular complexity index is 309. The fourth-order valence-electron chi connectivity index (χ4n) is 1.63. The van der Waals surface area contributed by atoms with E-state index in [4.69, 9.17) is 4.74 Å². The van der Waals surface area contributed by atoms with Crippen LogP contribution in [0, 0.1) is 0 Å². The first-order valence-electron chi connectivity index (χ1n) is 5.07. The number of halogens is 1. The normalized spacial score (nSPS) is 19.1. The maximum atomic E-state index is 5.74. The van der Waals surface area contributed by atoms with Gasteiger partial charge < -0.3 is 9.64 Å². The number of nitrogens with zero attached hydrogens (tertiary/aromatic N) is 3. The highest BCUT2D eigenvalue weighted by Crippen LogP contribution is 2.16. The number of hydrogen-bond acceptors (Lipinski definition) is 4. The van der Waals surface area contributed by atoms with E-state index in [-0.39, 0.29) is 6.10 Å². The largest absolute Gasteiger partial charge is 0.473 e. The predicted molar refractivity (Wildman–Crippen MR) is 60.9 cm³/mol. The summed E-state index contributed by atoms with van der Waals surface area (Å²) in [5.41, 5.74) is 0. The van der Waals surface area contributed by atoms with Crippen LogP contribution in [0.4, 0.5) is 0 Å². The van der Waals surface area contributed by atoms with Crippen LogP contribution in [-0.2, 0) is 0 Å². The Kier molecular flexibility index (Phi) is 3.53. The molecule has 0 bridgehead atoms. The third-order valence-electron chi connectivity index (χ3n) is 2.55. The summed E-state index contributed by atoms with van der Waals surface area (Å²) in [7, 11) is 2.13. The van der Waals surface area contributed by atoms with Crippen LogP contribution in [0.3, 0.4) is 0 Å². The van der Waals surface area contributed by atoms with Crippen molar-refractivity contribution in [3.05, 3.63) is 17.0 Å². The SMILES string of the molecule is CN1CCC(Oc2cnc(Br)cn2)CC1. The van der Waals surface area contributed by atoms with Gasteiger partial charge in [-0.3, -0.25) is 0 Å². The summed E-state index contributed by atoms with van der Waals surface area (Å²) in [6.07, 6.45) is 5.73. The maximum Gasteiger partial charge on any atom is 0.232 e. The van der Waals surface area contributed by atoms with E-state index in [1.54, 1.807) is 12.4 Å². The zero-order valence-corrected chi connectivity index (χ0v) is 10.3. The van der Waals surface area contributed by atoms with Gasteiger partial charge >= 0.3 is 0 Å². The van der Waals surface area contributed by atoms with Gasteiger partial charge in [0.15, 0.2) is 0 Å². The minimum absolute atomic E-state index is 0.289. The van der Waals surface area contributed by atoms with Crippen LogP contribution in [0.1, 0.15) is 12.8 Å². The maximum absolute atomic E-state index is 5.74. The van der Waals surface area contributed by atoms with Crippen LogP contribution in [0.2, 0.25) is 0 Å². The van der Waals surface area contributed by atoms with Crippen molar-refractivity contribution in [1.82, 2.24) is 14.9 Å². The molecule has 2 heterocycles. The van der Waals surface area contributed by atoms with Gasteiger partial charge in [-0.15, -0.1) is 0 Å². The van der Waals surface area contributed by atoms with Crippen molar-refractivity contribution in [3.8, 4) is 5.88 Å². The summed E-state index contributed by atoms with van der Waals surface area (Å²) in [5.74, 6) is 0.618. The molecule has 0 aliphatic carbocycles. The van der Waals surface area contributed by atoms with Gasteiger partial charge in [0, 0.05) is 13.1 Å². The smallest absolute Gasteiger partial charge is 0.232 e. The van der Waals surface area contributed by atoms with Gasteiger partial charge in [-0.1, -0.05) is 0 Å². The molecule has 15 heavy (non-hydrogen) atoms. The molecule has 1 aromatic heterocycles. The van der Waals surface area contributed by atoms with E-state index >= 15 is 0 Å². The Labute approximate surface area is 97.8 Å². The second kappa shape index (κ2) is 4.90. The van der Waals surface area contributed by atoms with E-state index in [9.17, 15) is 0 Å². The van der Waals surface area contributed by atoms with E-state index < -0.39 is 0 Å². The van der Waals surface area contributed by atoms with Crippen molar-refractivity contribution in [3.63, 3.8) is 0 Å². The first-order chi connectivity index (χ1) is 7.24. The van der Waals surface area contributed by atoms with E-state index in [1.165, 1.54) is 0 Å². The Morgan fingerprint density at radius 3 is 2.67 bits per heavy atom. The fourth-order valence-corrected chi connectivity index (χ4v) is 1.84. The van der Waals surface area contributed by atoms with Gasteiger partial charge in [0.1, 0.15) is 10.7 Å². The summed E-state index contributed by atoms with van der Waals surface area (Å²) < 4.78 is 6.47. The number of likely N-dealkylation sites (tertiary alicyclic amines) is 1. The standard InChI is InChI=1S/C10H14BrN3O/c1-14-4-2-8(3-5-14)15-10-7-12-9(11)6-13-10/h6-8H,2-5H2,1H3. The molecule has 0 N–H and O–H groups in total. The third-order valence-corrected chi connectivity index (χ3v) is 2.96. The molecular weight excluding hydrogens is 258 g/mol. The highest BCUT2D eigenvalue weighted by atomic mass is 79.9. The summed E-state index contributed by atoms with van der Waals surface area (Å²) in [6, 6.07) is 0. The molecule has 0 saturated carbocycles. The van der Waals surface area contributed by atoms with Crippen LogP contribution in [0.5, 0.6) is 5.88 Å². The fraction of sp³-hybridized carbons (Fsp3) is 0.600. The lowest BCUT2D eigenvalue weighted by Crippen LogP contribution is -2.35. The molecule has 2 rings (SSSR count). The predicted octanol–water partition coefficient (Wildman–Crippen LogP) is 1.71. The van der Waals surface area contributed by atoms with Crippen LogP contribution < -0.4 is 4.74 Å². The molecule has 0 amide bonds. The lowest BCUT2D eigenvalue weighted by atomic mass is 10.1. The first-order valence-corrected chi connectivity index (χ1v) is 5.86. The minimum atomic E-state index is 0.289. The Hall–Kier alpha value is -0.680. The first kappa shape index (κ1) is 10.8. The van der Waals surface area contributed by atoms with Crippen LogP contribution in [-0.4, -0.2) is 41.1 Å². The number of hydrogen-bond donors (Lipinski definition) is 0. The van der Waals surface area contributed by atoms with Gasteiger partial charge in [-0.2, -0.15) is 0 Å². The van der Waals surface area contributed by atoms with Crippen molar-refractivity contribution in [2.75, 3.05) is 20.1 Å². The van der Waals surface area contributed by atoms with Gasteiger partial charge in [0.2, 0.25) is 5.88 Å². The van der Waals surface area contributed by atoms with Gasteiger partial charge in [-0.05, 0) is 35.8 Å². The summed E-state index contributed by atoms with van der Waals surface area (Å²) in [6.45, 7) is 2.18. The highest BCUT2D eigenvalue weighted by molar-refractivity contribution is 9.10. The molecule has 0 atom stereocenters. The molecule has 5 heteroatoms. The summed E-state index contributed by atoms with van der Waals surface area (Å²) in [5, 5.41) is 0. The highest BCUT2D eigenvalue weighted by Gasteiger charge is 2.18. The number of piperidine rings is 1. The molecular formula is C10H14BrN3O. The average Bonchev–Trinajstić information content (AvgIpc) is 2.25. The Balaban J connectivity index is 1.89. The zero-order valence-electron chi connectivity index (χ0n) is 8.69. The van der Waals surface area contributed by atoms with E-state index in [2.05, 4.69) is 37.8 Å². The van der Waals surface area contributed by atoms with Gasteiger partial charge in [0.05, 0.1) is 12.4 Å². The van der Waals surface area contributed by atoms with Crippen LogP contribution in [0.15, 0.2) is 17.0 Å². The summed E-state index contributed by atoms with van der Waals surface area (Å²) in [4.78, 5) is 10.5. The number of ether oxygens (including phenoxy) is 1. The van der Waals surface area contributed by atoms with Crippen molar-refractivity contribution in [2.24, 2.45) is 0 Å². The molecule has 1 aliphatic heterocycles. The molecule has 0 spiro atoms. The molecule has 0 unspecified atom stereocenters. The van der Waals surface area contributed by atoms with Crippen molar-refractivity contribution in [2.45, 2.75) is 18.9 Å². The van der Waals surface area contributed by atoms with Gasteiger partial charge in [-0.25, -0.2) is 9.97 Å². The second-order valence-corrected chi connectivity index (χ2v) is 4.61.